The monoisotopic (exact) mass is 820 g/mol. The molecule has 9 aliphatic heterocycles. The van der Waals surface area contributed by atoms with Crippen molar-refractivity contribution < 1.29 is 38.4 Å². The first-order chi connectivity index (χ1) is 28.7. The van der Waals surface area contributed by atoms with E-state index in [1.807, 2.05) is 38.0 Å². The summed E-state index contributed by atoms with van der Waals surface area (Å²) < 4.78 is 0. The zero-order chi connectivity index (χ0) is 42.0. The van der Waals surface area contributed by atoms with Gasteiger partial charge in [0.15, 0.2) is 0 Å². The number of carbonyl (C=O) groups is 8. The molecule has 4 spiro atoms. The van der Waals surface area contributed by atoms with Crippen LogP contribution >= 0.6 is 0 Å². The molecular formula is C40H44N12O8. The smallest absolute Gasteiger partial charge is 0.309 e. The zero-order valence-electron chi connectivity index (χ0n) is 33.7. The van der Waals surface area contributed by atoms with Gasteiger partial charge in [0, 0.05) is 13.1 Å². The molecule has 7 saturated heterocycles. The topological polar surface area (TPSA) is 175 Å². The van der Waals surface area contributed by atoms with Crippen LogP contribution in [0.25, 0.3) is 0 Å². The van der Waals surface area contributed by atoms with Crippen LogP contribution in [0.4, 0.5) is 19.2 Å². The van der Waals surface area contributed by atoms with Crippen LogP contribution in [-0.2, 0) is 45.4 Å². The molecule has 11 rings (SSSR count). The highest BCUT2D eigenvalue weighted by Crippen LogP contribution is 2.64. The van der Waals surface area contributed by atoms with Crippen molar-refractivity contribution >= 4 is 47.8 Å². The van der Waals surface area contributed by atoms with E-state index in [4.69, 9.17) is 0 Å². The molecule has 7 fully saturated rings. The van der Waals surface area contributed by atoms with E-state index < -0.39 is 83.7 Å². The first-order valence-electron chi connectivity index (χ1n) is 20.3. The molecule has 12 amide bonds. The zero-order valence-corrected chi connectivity index (χ0v) is 33.7. The van der Waals surface area contributed by atoms with Gasteiger partial charge in [-0.3, -0.25) is 68.2 Å². The minimum atomic E-state index is -2.41. The van der Waals surface area contributed by atoms with E-state index in [0.29, 0.717) is 48.2 Å². The second-order valence-corrected chi connectivity index (χ2v) is 17.5. The molecule has 20 nitrogen and oxygen atoms in total. The highest BCUT2D eigenvalue weighted by molar-refractivity contribution is 6.24. The molecule has 0 bridgehead atoms. The van der Waals surface area contributed by atoms with E-state index in [1.54, 1.807) is 48.5 Å². The summed E-state index contributed by atoms with van der Waals surface area (Å²) in [6.45, 7) is -1.27. The molecule has 0 saturated carbocycles. The van der Waals surface area contributed by atoms with Crippen molar-refractivity contribution in [3.05, 3.63) is 70.8 Å². The lowest BCUT2D eigenvalue weighted by atomic mass is 9.91. The van der Waals surface area contributed by atoms with Crippen molar-refractivity contribution in [1.29, 1.82) is 0 Å². The predicted octanol–water partition coefficient (Wildman–Crippen LogP) is -0.281. The van der Waals surface area contributed by atoms with Crippen LogP contribution in [0, 0.1) is 0 Å². The van der Waals surface area contributed by atoms with E-state index in [9.17, 15) is 0 Å². The third kappa shape index (κ3) is 3.70. The summed E-state index contributed by atoms with van der Waals surface area (Å²) in [5, 5.41) is 0. The molecule has 0 N–H and O–H groups in total. The van der Waals surface area contributed by atoms with Gasteiger partial charge in [-0.05, 0) is 76.4 Å². The van der Waals surface area contributed by atoms with E-state index >= 15 is 38.4 Å². The normalized spacial score (nSPS) is 30.8. The number of likely N-dealkylation sites (tertiary alicyclic amines) is 2. The summed E-state index contributed by atoms with van der Waals surface area (Å²) in [6, 6.07) is 11.1. The van der Waals surface area contributed by atoms with Gasteiger partial charge in [0.1, 0.15) is 13.3 Å². The molecule has 0 unspecified atom stereocenters. The fourth-order valence-corrected chi connectivity index (χ4v) is 11.8. The largest absolute Gasteiger partial charge is 0.326 e. The summed E-state index contributed by atoms with van der Waals surface area (Å²) >= 11 is 0. The van der Waals surface area contributed by atoms with E-state index in [1.165, 1.54) is 19.6 Å². The van der Waals surface area contributed by atoms with Crippen LogP contribution in [0.15, 0.2) is 48.5 Å². The number of benzene rings is 2. The van der Waals surface area contributed by atoms with Crippen LogP contribution < -0.4 is 0 Å². The van der Waals surface area contributed by atoms with Gasteiger partial charge in [0.2, 0.25) is 0 Å². The lowest BCUT2D eigenvalue weighted by Gasteiger charge is -2.49. The predicted molar refractivity (Wildman–Crippen MR) is 204 cm³/mol. The van der Waals surface area contributed by atoms with Gasteiger partial charge in [-0.2, -0.15) is 0 Å². The summed E-state index contributed by atoms with van der Waals surface area (Å²) in [7, 11) is 7.45. The van der Waals surface area contributed by atoms with E-state index in [0.717, 1.165) is 29.4 Å². The maximum absolute atomic E-state index is 15.6. The molecule has 0 aliphatic carbocycles. The number of hydrogen-bond donors (Lipinski definition) is 0. The second-order valence-electron chi connectivity index (χ2n) is 17.5. The third-order valence-corrected chi connectivity index (χ3v) is 14.2. The standard InChI is InChI=1S/C40H44N12O8/c1-41(2)15-9-17-43-29(53)37-39(31(43)55)49-23-51-35(59)47-21-27-13-7-8-14-28(27)22-48-36(60)52(40(51)32(56)44(18-10-16-42(3)4)30(54)38(40,47)48)24-50(39)34(58)46(37)20-26-12-6-5-11-25(26)19-45(37)33(49)57/h5-8,11-14H,9-10,15-24H2,1-4H3. The molecule has 2 aromatic rings. The lowest BCUT2D eigenvalue weighted by molar-refractivity contribution is -0.166. The summed E-state index contributed by atoms with van der Waals surface area (Å²) in [5.41, 5.74) is -6.70. The van der Waals surface area contributed by atoms with Gasteiger partial charge < -0.3 is 9.80 Å². The average Bonchev–Trinajstić information content (AvgIpc) is 3.73. The van der Waals surface area contributed by atoms with Crippen molar-refractivity contribution in [3.8, 4) is 0 Å². The van der Waals surface area contributed by atoms with Gasteiger partial charge in [0.25, 0.3) is 46.3 Å². The van der Waals surface area contributed by atoms with Crippen molar-refractivity contribution in [1.82, 2.24) is 58.8 Å². The number of rotatable bonds is 8. The van der Waals surface area contributed by atoms with Crippen LogP contribution in [0.3, 0.4) is 0 Å². The SMILES string of the molecule is CN(C)CCCN1C(=O)C23N4Cc5ccccc5CN2C(=O)N2CN5C(=O)N6Cc7ccccc7CN7C(=O)N(CN(C4=O)C23C1=O)C51C(=O)N(CCCN(C)C)C(=O)C761. The van der Waals surface area contributed by atoms with E-state index in [2.05, 4.69) is 0 Å². The molecule has 2 aromatic carbocycles. The van der Waals surface area contributed by atoms with Crippen LogP contribution in [0.5, 0.6) is 0 Å². The fourth-order valence-electron chi connectivity index (χ4n) is 11.8. The molecule has 9 aliphatic rings. The number of nitrogens with zero attached hydrogens (tertiary/aromatic N) is 12. The highest BCUT2D eigenvalue weighted by atomic mass is 16.3. The number of hydrogen-bond acceptors (Lipinski definition) is 10. The van der Waals surface area contributed by atoms with Crippen molar-refractivity contribution in [2.24, 2.45) is 0 Å². The fraction of sp³-hybridized carbons (Fsp3) is 0.500. The number of urea groups is 4. The molecule has 0 radical (unpaired) electrons. The first kappa shape index (κ1) is 36.8. The van der Waals surface area contributed by atoms with Gasteiger partial charge in [-0.25, -0.2) is 19.2 Å². The van der Waals surface area contributed by atoms with Crippen LogP contribution in [0.1, 0.15) is 35.1 Å². The van der Waals surface area contributed by atoms with Crippen molar-refractivity contribution in [2.45, 2.75) is 61.7 Å². The molecule has 60 heavy (non-hydrogen) atoms. The quantitative estimate of drug-likeness (QED) is 0.323. The van der Waals surface area contributed by atoms with Gasteiger partial charge >= 0.3 is 24.1 Å². The molecule has 312 valence electrons. The summed E-state index contributed by atoms with van der Waals surface area (Å²) in [6.07, 6.45) is 0.759. The summed E-state index contributed by atoms with van der Waals surface area (Å²) in [5.74, 6) is -3.25. The van der Waals surface area contributed by atoms with Crippen molar-refractivity contribution in [3.63, 3.8) is 0 Å². The Balaban J connectivity index is 1.15. The minimum Gasteiger partial charge on any atom is -0.309 e. The Morgan fingerprint density at radius 1 is 0.417 bits per heavy atom. The highest BCUT2D eigenvalue weighted by Gasteiger charge is 2.95. The maximum Gasteiger partial charge on any atom is 0.326 e. The number of imide groups is 2. The summed E-state index contributed by atoms with van der Waals surface area (Å²) in [4.78, 5) is 139. The van der Waals surface area contributed by atoms with Crippen LogP contribution in [-0.4, -0.2) is 197 Å². The Bertz CT molecular complexity index is 2140. The van der Waals surface area contributed by atoms with Gasteiger partial charge in [-0.15, -0.1) is 0 Å². The Kier molecular flexibility index (Phi) is 7.18. The Morgan fingerprint density at radius 3 is 0.917 bits per heavy atom. The van der Waals surface area contributed by atoms with Crippen molar-refractivity contribution in [2.75, 3.05) is 67.7 Å². The molecule has 9 heterocycles. The Labute approximate surface area is 344 Å². The van der Waals surface area contributed by atoms with Crippen LogP contribution in [0.2, 0.25) is 0 Å². The molecular weight excluding hydrogens is 777 g/mol. The second kappa shape index (κ2) is 11.7. The molecule has 20 heteroatoms. The minimum absolute atomic E-state index is 0.0366. The maximum atomic E-state index is 15.6. The van der Waals surface area contributed by atoms with Gasteiger partial charge in [-0.1, -0.05) is 48.5 Å². The number of carbonyl (C=O) groups excluding carboxylic acids is 8. The Morgan fingerprint density at radius 2 is 0.667 bits per heavy atom. The Hall–Kier alpha value is -6.28. The third-order valence-electron chi connectivity index (χ3n) is 14.2. The molecule has 0 aromatic heterocycles. The average molecular weight is 821 g/mol. The lowest BCUT2D eigenvalue weighted by Crippen LogP contribution is -2.78. The number of amides is 12. The number of fused-ring (bicyclic) bond motifs is 2. The first-order valence-corrected chi connectivity index (χ1v) is 20.3. The van der Waals surface area contributed by atoms with Gasteiger partial charge in [0.05, 0.1) is 26.2 Å². The van der Waals surface area contributed by atoms with E-state index in [-0.39, 0.29) is 39.3 Å². The molecule has 0 atom stereocenters.